The molecule has 6 rings (SSSR count). The van der Waals surface area contributed by atoms with Gasteiger partial charge in [0.15, 0.2) is 5.82 Å². The molecule has 1 aromatic heterocycles. The van der Waals surface area contributed by atoms with Crippen LogP contribution < -0.4 is 21.1 Å². The fourth-order valence-electron chi connectivity index (χ4n) is 7.20. The first-order valence-electron chi connectivity index (χ1n) is 16.3. The molecule has 252 valence electrons. The number of rotatable bonds is 10. The molecule has 0 saturated heterocycles. The molecule has 2 aliphatic rings. The molecule has 2 atom stereocenters. The maximum absolute atomic E-state index is 13.4. The minimum Gasteiger partial charge on any atom is -0.496 e. The van der Waals surface area contributed by atoms with Crippen molar-refractivity contribution in [1.82, 2.24) is 19.8 Å². The summed E-state index contributed by atoms with van der Waals surface area (Å²) in [6, 6.07) is 15.5. The van der Waals surface area contributed by atoms with Gasteiger partial charge in [-0.2, -0.15) is 0 Å². The number of nitrogens with one attached hydrogen (secondary N) is 2. The number of imidazole rings is 1. The summed E-state index contributed by atoms with van der Waals surface area (Å²) in [5.74, 6) is 0.507. The van der Waals surface area contributed by atoms with E-state index in [2.05, 4.69) is 39.7 Å². The maximum atomic E-state index is 13.4. The Morgan fingerprint density at radius 1 is 1.06 bits per heavy atom. The zero-order chi connectivity index (χ0) is 34.3. The van der Waals surface area contributed by atoms with E-state index in [1.807, 2.05) is 61.9 Å². The lowest BCUT2D eigenvalue weighted by atomic mass is 9.89. The number of ether oxygens (including phenoxy) is 1. The first kappa shape index (κ1) is 34.0. The van der Waals surface area contributed by atoms with Gasteiger partial charge in [-0.25, -0.2) is 4.98 Å². The van der Waals surface area contributed by atoms with Crippen LogP contribution in [0.5, 0.6) is 5.75 Å². The highest BCUT2D eigenvalue weighted by atomic mass is 35.5. The number of primary amides is 1. The third-order valence-corrected chi connectivity index (χ3v) is 10.5. The van der Waals surface area contributed by atoms with Gasteiger partial charge in [-0.1, -0.05) is 67.4 Å². The van der Waals surface area contributed by atoms with Gasteiger partial charge in [-0.15, -0.1) is 0 Å². The van der Waals surface area contributed by atoms with Crippen molar-refractivity contribution < 1.29 is 14.3 Å². The number of likely N-dealkylation sites (N-methyl/N-ethyl adjacent to an activating group) is 1. The van der Waals surface area contributed by atoms with Crippen LogP contribution in [0.2, 0.25) is 10.0 Å². The van der Waals surface area contributed by atoms with Crippen LogP contribution in [0.25, 0.3) is 11.1 Å². The number of hydrogen-bond donors (Lipinski definition) is 3. The number of methoxy groups -OCH3 is 1. The number of halogens is 2. The Balaban J connectivity index is 1.27. The number of hydrogen-bond acceptors (Lipinski definition) is 6. The van der Waals surface area contributed by atoms with Crippen LogP contribution in [-0.4, -0.2) is 53.0 Å². The summed E-state index contributed by atoms with van der Waals surface area (Å²) in [7, 11) is 5.59. The van der Waals surface area contributed by atoms with Gasteiger partial charge in [0.25, 0.3) is 5.91 Å². The van der Waals surface area contributed by atoms with E-state index >= 15 is 0 Å². The molecule has 0 fully saturated rings. The molecule has 3 aromatic carbocycles. The predicted octanol–water partition coefficient (Wildman–Crippen LogP) is 6.32. The summed E-state index contributed by atoms with van der Waals surface area (Å²) < 4.78 is 7.68. The summed E-state index contributed by atoms with van der Waals surface area (Å²) in [6.07, 6.45) is 2.57. The van der Waals surface area contributed by atoms with Gasteiger partial charge < -0.3 is 30.6 Å². The number of carbonyl (C=O) groups is 2. The first-order valence-corrected chi connectivity index (χ1v) is 17.1. The molecule has 4 aromatic rings. The number of amides is 2. The molecule has 4 N–H and O–H groups in total. The van der Waals surface area contributed by atoms with E-state index in [9.17, 15) is 9.59 Å². The molecule has 2 heterocycles. The van der Waals surface area contributed by atoms with Gasteiger partial charge in [0, 0.05) is 60.9 Å². The second-order valence-corrected chi connectivity index (χ2v) is 13.9. The average molecular weight is 690 g/mol. The Hall–Kier alpha value is -3.89. The van der Waals surface area contributed by atoms with Crippen molar-refractivity contribution in [3.05, 3.63) is 98.0 Å². The number of fused-ring (bicyclic) bond motifs is 2. The molecule has 0 bridgehead atoms. The largest absolute Gasteiger partial charge is 0.496 e. The second-order valence-electron chi connectivity index (χ2n) is 13.2. The van der Waals surface area contributed by atoms with Crippen LogP contribution in [0.3, 0.4) is 0 Å². The number of aromatic nitrogens is 2. The van der Waals surface area contributed by atoms with Crippen molar-refractivity contribution in [3.63, 3.8) is 0 Å². The van der Waals surface area contributed by atoms with Crippen molar-refractivity contribution in [3.8, 4) is 16.9 Å². The van der Waals surface area contributed by atoms with Crippen molar-refractivity contribution >= 4 is 40.7 Å². The molecule has 0 saturated carbocycles. The smallest absolute Gasteiger partial charge is 0.291 e. The van der Waals surface area contributed by atoms with Gasteiger partial charge in [0.1, 0.15) is 5.75 Å². The quantitative estimate of drug-likeness (QED) is 0.180. The standard InChI is InChI=1S/C37H42Cl2N6O3/c1-20(2)34(35(40)46)41-18-21-16-28(38)27(17-32(21)48-5)25-13-12-24-22(25)8-6-9-23(24)26-10-7-11-29(33(26)39)43-37(47)36-42-30-19-44(3)15-14-31(30)45(36)4/h6-11,16-17,20,25,34,41H,12-15,18-19H2,1-5H3,(H2,40,46)(H,43,47). The molecule has 1 aliphatic carbocycles. The van der Waals surface area contributed by atoms with Crippen molar-refractivity contribution in [1.29, 1.82) is 0 Å². The van der Waals surface area contributed by atoms with Gasteiger partial charge in [0.05, 0.1) is 29.6 Å². The summed E-state index contributed by atoms with van der Waals surface area (Å²) >= 11 is 14.0. The first-order chi connectivity index (χ1) is 23.0. The lowest BCUT2D eigenvalue weighted by molar-refractivity contribution is -0.121. The molecule has 1 aliphatic heterocycles. The molecule has 0 radical (unpaired) electrons. The molecule has 9 nitrogen and oxygen atoms in total. The Bertz CT molecular complexity index is 1890. The fourth-order valence-corrected chi connectivity index (χ4v) is 7.79. The van der Waals surface area contributed by atoms with Crippen molar-refractivity contribution in [2.24, 2.45) is 18.7 Å². The summed E-state index contributed by atoms with van der Waals surface area (Å²) in [5.41, 5.74) is 14.3. The fraction of sp³-hybridized carbons (Fsp3) is 0.378. The van der Waals surface area contributed by atoms with Crippen LogP contribution in [0.4, 0.5) is 5.69 Å². The van der Waals surface area contributed by atoms with Crippen molar-refractivity contribution in [2.45, 2.75) is 58.2 Å². The highest BCUT2D eigenvalue weighted by molar-refractivity contribution is 6.36. The van der Waals surface area contributed by atoms with Crippen LogP contribution in [-0.2, 0) is 37.8 Å². The Kier molecular flexibility index (Phi) is 9.86. The van der Waals surface area contributed by atoms with E-state index in [0.29, 0.717) is 33.9 Å². The third kappa shape index (κ3) is 6.44. The van der Waals surface area contributed by atoms with E-state index < -0.39 is 11.9 Å². The molecule has 0 spiro atoms. The SMILES string of the molecule is COc1cc(C2CCc3c(-c4cccc(NC(=O)c5nc6c(n5C)CCN(C)C6)c4Cl)cccc32)c(Cl)cc1CNC(C(N)=O)C(C)C. The van der Waals surface area contributed by atoms with Gasteiger partial charge in [0.2, 0.25) is 5.91 Å². The van der Waals surface area contributed by atoms with E-state index in [0.717, 1.165) is 66.0 Å². The van der Waals surface area contributed by atoms with E-state index in [-0.39, 0.29) is 17.7 Å². The Morgan fingerprint density at radius 2 is 1.81 bits per heavy atom. The number of carbonyl (C=O) groups excluding carboxylic acids is 2. The number of nitrogens with two attached hydrogens (primary N) is 1. The molecule has 48 heavy (non-hydrogen) atoms. The normalized spacial score (nSPS) is 16.5. The highest BCUT2D eigenvalue weighted by Crippen LogP contribution is 2.47. The zero-order valence-electron chi connectivity index (χ0n) is 28.0. The summed E-state index contributed by atoms with van der Waals surface area (Å²) in [5, 5.41) is 7.40. The minimum atomic E-state index is -0.464. The summed E-state index contributed by atoms with van der Waals surface area (Å²) in [4.78, 5) is 32.3. The van der Waals surface area contributed by atoms with Gasteiger partial charge in [-0.05, 0) is 66.3 Å². The monoisotopic (exact) mass is 688 g/mol. The van der Waals surface area contributed by atoms with Gasteiger partial charge in [-0.3, -0.25) is 9.59 Å². The number of benzene rings is 3. The number of anilines is 1. The van der Waals surface area contributed by atoms with E-state index in [1.54, 1.807) is 7.11 Å². The topological polar surface area (TPSA) is 115 Å². The predicted molar refractivity (Wildman–Crippen MR) is 191 cm³/mol. The van der Waals surface area contributed by atoms with E-state index in [4.69, 9.17) is 33.7 Å². The second kappa shape index (κ2) is 13.9. The molecular weight excluding hydrogens is 647 g/mol. The zero-order valence-corrected chi connectivity index (χ0v) is 29.5. The molecule has 11 heteroatoms. The maximum Gasteiger partial charge on any atom is 0.291 e. The molecule has 2 amide bonds. The summed E-state index contributed by atoms with van der Waals surface area (Å²) in [6.45, 7) is 5.96. The van der Waals surface area contributed by atoms with Crippen molar-refractivity contribution in [2.75, 3.05) is 26.0 Å². The average Bonchev–Trinajstić information content (AvgIpc) is 3.62. The van der Waals surface area contributed by atoms with Crippen LogP contribution in [0.1, 0.15) is 70.4 Å². The lowest BCUT2D eigenvalue weighted by Gasteiger charge is -2.22. The Morgan fingerprint density at radius 3 is 2.54 bits per heavy atom. The Labute approximate surface area is 291 Å². The lowest BCUT2D eigenvalue weighted by Crippen LogP contribution is -2.44. The minimum absolute atomic E-state index is 0.0476. The van der Waals surface area contributed by atoms with Gasteiger partial charge >= 0.3 is 0 Å². The van der Waals surface area contributed by atoms with E-state index in [1.165, 1.54) is 11.1 Å². The number of nitrogens with zero attached hydrogens (tertiary/aromatic N) is 3. The highest BCUT2D eigenvalue weighted by Gasteiger charge is 2.30. The third-order valence-electron chi connectivity index (χ3n) is 9.72. The van der Waals surface area contributed by atoms with Crippen LogP contribution >= 0.6 is 23.2 Å². The van der Waals surface area contributed by atoms with Crippen LogP contribution in [0.15, 0.2) is 48.5 Å². The van der Waals surface area contributed by atoms with Crippen LogP contribution in [0, 0.1) is 5.92 Å². The molecule has 2 unspecified atom stereocenters. The molecular formula is C37H42Cl2N6O3.